The number of hydrogen-bond acceptors (Lipinski definition) is 3. The molecule has 1 atom stereocenters. The molecule has 0 aliphatic rings. The fourth-order valence-electron chi connectivity index (χ4n) is 1.47. The van der Waals surface area contributed by atoms with Crippen molar-refractivity contribution in [2.45, 2.75) is 13.0 Å². The summed E-state index contributed by atoms with van der Waals surface area (Å²) in [5.41, 5.74) is 0.992. The van der Waals surface area contributed by atoms with Gasteiger partial charge in [-0.15, -0.1) is 0 Å². The first-order chi connectivity index (χ1) is 7.75. The number of hydrogen-bond donors (Lipinski definition) is 2. The van der Waals surface area contributed by atoms with E-state index in [1.54, 1.807) is 0 Å². The molecule has 4 nitrogen and oxygen atoms in total. The van der Waals surface area contributed by atoms with E-state index in [1.165, 1.54) is 12.3 Å². The summed E-state index contributed by atoms with van der Waals surface area (Å²) in [6.45, 7) is 2.02. The Morgan fingerprint density at radius 2 is 2.00 bits per heavy atom. The zero-order chi connectivity index (χ0) is 11.4. The quantitative estimate of drug-likeness (QED) is 0.822. The Morgan fingerprint density at radius 3 is 2.69 bits per heavy atom. The summed E-state index contributed by atoms with van der Waals surface area (Å²) < 4.78 is 0. The van der Waals surface area contributed by atoms with Crippen LogP contribution in [0.2, 0.25) is 0 Å². The van der Waals surface area contributed by atoms with Crippen molar-refractivity contribution in [3.63, 3.8) is 0 Å². The lowest BCUT2D eigenvalue weighted by atomic mass is 10.1. The van der Waals surface area contributed by atoms with E-state index in [9.17, 15) is 4.79 Å². The molecule has 0 bridgehead atoms. The Labute approximate surface area is 93.4 Å². The summed E-state index contributed by atoms with van der Waals surface area (Å²) in [7, 11) is 0. The fourth-order valence-corrected chi connectivity index (χ4v) is 1.47. The van der Waals surface area contributed by atoms with E-state index in [4.69, 9.17) is 0 Å². The first-order valence-corrected chi connectivity index (χ1v) is 5.12. The number of nitrogens with zero attached hydrogens (tertiary/aromatic N) is 1. The molecule has 0 saturated carbocycles. The molecule has 82 valence electrons. The molecule has 1 unspecified atom stereocenters. The van der Waals surface area contributed by atoms with Crippen molar-refractivity contribution in [2.75, 3.05) is 5.32 Å². The van der Waals surface area contributed by atoms with E-state index in [2.05, 4.69) is 15.3 Å². The summed E-state index contributed by atoms with van der Waals surface area (Å²) in [5, 5.41) is 3.13. The molecular formula is C12H13N3O. The Morgan fingerprint density at radius 1 is 1.25 bits per heavy atom. The molecule has 2 rings (SSSR count). The molecule has 1 heterocycles. The van der Waals surface area contributed by atoms with Crippen molar-refractivity contribution in [1.29, 1.82) is 0 Å². The van der Waals surface area contributed by atoms with Gasteiger partial charge in [-0.25, -0.2) is 4.98 Å². The van der Waals surface area contributed by atoms with E-state index >= 15 is 0 Å². The highest BCUT2D eigenvalue weighted by molar-refractivity contribution is 5.30. The Hall–Kier alpha value is -2.10. The zero-order valence-electron chi connectivity index (χ0n) is 8.97. The number of H-pyrrole nitrogens is 1. The lowest BCUT2D eigenvalue weighted by molar-refractivity contribution is 0.857. The van der Waals surface area contributed by atoms with Crippen LogP contribution in [0.15, 0.2) is 47.4 Å². The van der Waals surface area contributed by atoms with E-state index in [0.717, 1.165) is 5.56 Å². The molecule has 0 radical (unpaired) electrons. The summed E-state index contributed by atoms with van der Waals surface area (Å²) >= 11 is 0. The number of aromatic amines is 1. The van der Waals surface area contributed by atoms with Crippen LogP contribution in [-0.4, -0.2) is 9.97 Å². The maximum absolute atomic E-state index is 11.1. The zero-order valence-corrected chi connectivity index (χ0v) is 8.97. The van der Waals surface area contributed by atoms with Crippen molar-refractivity contribution >= 4 is 5.95 Å². The number of aromatic nitrogens is 2. The lowest BCUT2D eigenvalue weighted by Gasteiger charge is -2.13. The summed E-state index contributed by atoms with van der Waals surface area (Å²) in [4.78, 5) is 17.7. The normalized spacial score (nSPS) is 12.1. The maximum atomic E-state index is 11.1. The van der Waals surface area contributed by atoms with Gasteiger partial charge in [0.25, 0.3) is 5.56 Å². The molecule has 0 spiro atoms. The van der Waals surface area contributed by atoms with Crippen LogP contribution in [-0.2, 0) is 0 Å². The molecule has 1 aromatic heterocycles. The highest BCUT2D eigenvalue weighted by Crippen LogP contribution is 2.14. The monoisotopic (exact) mass is 215 g/mol. The van der Waals surface area contributed by atoms with Gasteiger partial charge >= 0.3 is 0 Å². The highest BCUT2D eigenvalue weighted by Gasteiger charge is 2.04. The maximum Gasteiger partial charge on any atom is 0.252 e. The standard InChI is InChI=1S/C12H13N3O/c1-9(10-5-3-2-4-6-10)14-12-13-8-7-11(16)15-12/h2-9H,1H3,(H2,13,14,15,16). The lowest BCUT2D eigenvalue weighted by Crippen LogP contribution is -2.13. The third kappa shape index (κ3) is 2.48. The van der Waals surface area contributed by atoms with Gasteiger partial charge in [-0.05, 0) is 12.5 Å². The van der Waals surface area contributed by atoms with Gasteiger partial charge in [0.1, 0.15) is 0 Å². The van der Waals surface area contributed by atoms with Gasteiger partial charge in [0.2, 0.25) is 5.95 Å². The minimum Gasteiger partial charge on any atom is -0.349 e. The van der Waals surface area contributed by atoms with Crippen molar-refractivity contribution in [3.8, 4) is 0 Å². The van der Waals surface area contributed by atoms with Gasteiger partial charge in [0.05, 0.1) is 6.04 Å². The molecule has 0 fully saturated rings. The molecule has 2 aromatic rings. The first kappa shape index (κ1) is 10.4. The number of rotatable bonds is 3. The van der Waals surface area contributed by atoms with Crippen molar-refractivity contribution in [3.05, 3.63) is 58.5 Å². The van der Waals surface area contributed by atoms with Crippen molar-refractivity contribution in [1.82, 2.24) is 9.97 Å². The Bertz CT molecular complexity index is 507. The molecule has 0 amide bonds. The van der Waals surface area contributed by atoms with E-state index in [-0.39, 0.29) is 11.6 Å². The third-order valence-electron chi connectivity index (χ3n) is 2.32. The molecule has 0 aliphatic heterocycles. The van der Waals surface area contributed by atoms with Crippen LogP contribution in [0.1, 0.15) is 18.5 Å². The fraction of sp³-hybridized carbons (Fsp3) is 0.167. The third-order valence-corrected chi connectivity index (χ3v) is 2.32. The second-order valence-electron chi connectivity index (χ2n) is 3.56. The molecule has 4 heteroatoms. The first-order valence-electron chi connectivity index (χ1n) is 5.12. The van der Waals surface area contributed by atoms with E-state index < -0.39 is 0 Å². The minimum absolute atomic E-state index is 0.103. The van der Waals surface area contributed by atoms with Gasteiger partial charge in [0, 0.05) is 12.3 Å². The van der Waals surface area contributed by atoms with Crippen LogP contribution in [0, 0.1) is 0 Å². The average Bonchev–Trinajstić information content (AvgIpc) is 2.30. The van der Waals surface area contributed by atoms with Crippen LogP contribution in [0.25, 0.3) is 0 Å². The largest absolute Gasteiger partial charge is 0.349 e. The SMILES string of the molecule is CC(Nc1nccc(=O)[nH]1)c1ccccc1. The van der Waals surface area contributed by atoms with Gasteiger partial charge in [-0.3, -0.25) is 9.78 Å². The van der Waals surface area contributed by atoms with Crippen LogP contribution in [0.3, 0.4) is 0 Å². The van der Waals surface area contributed by atoms with E-state index in [1.807, 2.05) is 37.3 Å². The van der Waals surface area contributed by atoms with Crippen LogP contribution >= 0.6 is 0 Å². The molecule has 0 saturated heterocycles. The predicted molar refractivity (Wildman–Crippen MR) is 63.3 cm³/mol. The van der Waals surface area contributed by atoms with Crippen molar-refractivity contribution < 1.29 is 0 Å². The highest BCUT2D eigenvalue weighted by atomic mass is 16.1. The van der Waals surface area contributed by atoms with Crippen LogP contribution in [0.4, 0.5) is 5.95 Å². The summed E-state index contributed by atoms with van der Waals surface area (Å²) in [6.07, 6.45) is 1.48. The van der Waals surface area contributed by atoms with Gasteiger partial charge < -0.3 is 5.32 Å². The van der Waals surface area contributed by atoms with Gasteiger partial charge in [-0.1, -0.05) is 30.3 Å². The number of anilines is 1. The summed E-state index contributed by atoms with van der Waals surface area (Å²) in [5.74, 6) is 0.490. The second-order valence-corrected chi connectivity index (χ2v) is 3.56. The molecule has 2 N–H and O–H groups in total. The van der Waals surface area contributed by atoms with Crippen LogP contribution < -0.4 is 10.9 Å². The van der Waals surface area contributed by atoms with Gasteiger partial charge in [0.15, 0.2) is 0 Å². The number of benzene rings is 1. The molecule has 16 heavy (non-hydrogen) atoms. The van der Waals surface area contributed by atoms with Crippen molar-refractivity contribution in [2.24, 2.45) is 0 Å². The number of nitrogens with one attached hydrogen (secondary N) is 2. The second kappa shape index (κ2) is 4.61. The summed E-state index contributed by atoms with van der Waals surface area (Å²) in [6, 6.07) is 11.5. The molecule has 0 aliphatic carbocycles. The minimum atomic E-state index is -0.155. The Kier molecular flexibility index (Phi) is 3.00. The van der Waals surface area contributed by atoms with Crippen LogP contribution in [0.5, 0.6) is 0 Å². The molecule has 1 aromatic carbocycles. The predicted octanol–water partition coefficient (Wildman–Crippen LogP) is 1.94. The Balaban J connectivity index is 2.14. The van der Waals surface area contributed by atoms with E-state index in [0.29, 0.717) is 5.95 Å². The smallest absolute Gasteiger partial charge is 0.252 e. The topological polar surface area (TPSA) is 57.8 Å². The van der Waals surface area contributed by atoms with Gasteiger partial charge in [-0.2, -0.15) is 0 Å². The average molecular weight is 215 g/mol. The molecular weight excluding hydrogens is 202 g/mol.